The van der Waals surface area contributed by atoms with Crippen molar-refractivity contribution in [2.75, 3.05) is 20.2 Å². The Morgan fingerprint density at radius 3 is 1.33 bits per heavy atom. The van der Waals surface area contributed by atoms with Gasteiger partial charge in [-0.3, -0.25) is 14.4 Å². The molecular weight excluding hydrogens is 1690 g/mol. The number of hydrogen-bond acceptors (Lipinski definition) is 8. The SMILES string of the molecule is CC(C)(NC(=O)C1CCCC1)c1cc(C(F)(F)F)cc(C(F)(F)F)c1.CN[C@@H](CC(C)C)C(=O)NCc1cc(C(F)(F)F)cc(C(F)(F)F)c1.Cc1cc(C(F)(F)F)c2nc(C3CCCCC3)[nH]c2c1.FC(F)(F)c1cc(C(F)(F)F)c2nc(C3CCCCO3)[nH]c2c1.O=C(NCc1cc(C(F)(F)F)cc(C(F)(F)F)c1)[C@@H]1C[C@@H](c2ccccc2)CN1. The van der Waals surface area contributed by atoms with E-state index in [2.05, 4.69) is 46.5 Å². The summed E-state index contributed by atoms with van der Waals surface area (Å²) in [7, 11) is 1.55. The minimum absolute atomic E-state index is 0.0560. The molecule has 0 radical (unpaired) electrons. The van der Waals surface area contributed by atoms with Crippen molar-refractivity contribution in [3.63, 3.8) is 0 Å². The number of aryl methyl sites for hydroxylation is 1. The van der Waals surface area contributed by atoms with E-state index in [0.29, 0.717) is 98.8 Å². The minimum atomic E-state index is -4.93. The highest BCUT2D eigenvalue weighted by Gasteiger charge is 2.45. The minimum Gasteiger partial charge on any atom is -0.370 e. The number of halogens is 27. The van der Waals surface area contributed by atoms with Gasteiger partial charge >= 0.3 is 55.6 Å². The summed E-state index contributed by atoms with van der Waals surface area (Å²) in [6.45, 7) is 8.40. The van der Waals surface area contributed by atoms with Crippen molar-refractivity contribution in [1.29, 1.82) is 0 Å². The average molecular weight is 1770 g/mol. The summed E-state index contributed by atoms with van der Waals surface area (Å²) in [6.07, 6.45) is -32.3. The molecule has 4 atom stereocenters. The molecule has 0 spiro atoms. The van der Waals surface area contributed by atoms with E-state index in [9.17, 15) is 133 Å². The summed E-state index contributed by atoms with van der Waals surface area (Å²) in [5, 5.41) is 13.2. The van der Waals surface area contributed by atoms with Crippen LogP contribution in [0.2, 0.25) is 0 Å². The highest BCUT2D eigenvalue weighted by Crippen LogP contribution is 2.45. The third-order valence-electron chi connectivity index (χ3n) is 20.6. The molecule has 12 rings (SSSR count). The second kappa shape index (κ2) is 39.2. The lowest BCUT2D eigenvalue weighted by Crippen LogP contribution is -2.43. The molecule has 4 aliphatic rings. The number of hydrogen-bond donors (Lipinski definition) is 7. The molecule has 122 heavy (non-hydrogen) atoms. The van der Waals surface area contributed by atoms with Crippen molar-refractivity contribution in [3.8, 4) is 0 Å². The van der Waals surface area contributed by atoms with Gasteiger partial charge in [0.25, 0.3) is 0 Å². The molecule has 8 aromatic rings. The Hall–Kier alpha value is -9.34. The zero-order valence-electron chi connectivity index (χ0n) is 65.9. The first-order valence-electron chi connectivity index (χ1n) is 38.4. The number of aromatic nitrogens is 4. The van der Waals surface area contributed by atoms with Gasteiger partial charge in [0.05, 0.1) is 78.7 Å². The molecule has 2 saturated carbocycles. The van der Waals surface area contributed by atoms with Gasteiger partial charge in [0.2, 0.25) is 17.7 Å². The Bertz CT molecular complexity index is 4730. The molecule has 3 amide bonds. The number of benzene rings is 6. The molecule has 7 N–H and O–H groups in total. The Morgan fingerprint density at radius 1 is 0.459 bits per heavy atom. The topological polar surface area (TPSA) is 178 Å². The quantitative estimate of drug-likeness (QED) is 0.0496. The number of fused-ring (bicyclic) bond motifs is 2. The van der Waals surface area contributed by atoms with Crippen LogP contribution in [-0.2, 0) is 93.3 Å². The van der Waals surface area contributed by atoms with Gasteiger partial charge in [-0.2, -0.15) is 119 Å². The third-order valence-corrected chi connectivity index (χ3v) is 20.6. The second-order valence-corrected chi connectivity index (χ2v) is 31.0. The number of likely N-dealkylation sites (N-methyl/N-ethyl adjacent to an activating group) is 1. The second-order valence-electron chi connectivity index (χ2n) is 31.0. The maximum absolute atomic E-state index is 13.1. The number of nitrogens with one attached hydrogen (secondary N) is 7. The van der Waals surface area contributed by atoms with Crippen LogP contribution >= 0.6 is 0 Å². The summed E-state index contributed by atoms with van der Waals surface area (Å²) in [4.78, 5) is 50.4. The lowest BCUT2D eigenvalue weighted by molar-refractivity contribution is -0.144. The Balaban J connectivity index is 0.000000190. The number of ether oxygens (including phenoxy) is 1. The molecule has 2 saturated heterocycles. The standard InChI is InChI=1S/C20H18F6N2O.C17H19F6NO.C16H20F6N2O.C15H17F3N2.C14H12F6N2O/c21-19(22,23)15-6-12(7-16(9-15)20(24,25)26)10-28-18(29)17-8-14(11-27-17)13-4-2-1-3-5-13;1-15(2,24-14(25)10-5-3-4-6-10)11-7-12(16(18,19)20)9-13(8-11)17(21,22)23;1-9(2)4-13(23-3)14(25)24-8-10-5-11(15(17,18)19)7-12(6-10)16(20,21)22;1-9-7-11(15(16,17)18)13-12(8-9)19-14(20-13)10-5-3-2-4-6-10;15-13(16,17)7-5-8(14(18,19)20)11-9(6-7)21-12(22-11)10-3-1-2-4-23-10/h1-7,9,14,17,27H,8,10-11H2,(H,28,29);7-10H,3-6H2,1-2H3,(H,24,25);5-7,9,13,23H,4,8H2,1-3H3,(H,24,25);7-8,10H,2-6H2,1H3,(H,19,20);5-6,10H,1-4H2,(H,21,22)/t14-,17+;;13-;;/m1.0../s1. The Kier molecular flexibility index (Phi) is 31.6. The zero-order chi connectivity index (χ0) is 90.8. The van der Waals surface area contributed by atoms with Gasteiger partial charge < -0.3 is 41.3 Å². The van der Waals surface area contributed by atoms with Crippen LogP contribution in [0.4, 0.5) is 119 Å². The van der Waals surface area contributed by atoms with Crippen molar-refractivity contribution in [1.82, 2.24) is 46.5 Å². The molecule has 6 aromatic carbocycles. The number of aromatic amines is 2. The maximum atomic E-state index is 13.1. The maximum Gasteiger partial charge on any atom is 0.418 e. The number of rotatable bonds is 15. The molecule has 0 bridgehead atoms. The first-order valence-corrected chi connectivity index (χ1v) is 38.4. The summed E-state index contributed by atoms with van der Waals surface area (Å²) in [5.41, 5.74) is -12.5. The lowest BCUT2D eigenvalue weighted by Gasteiger charge is -2.30. The Labute approximate surface area is 681 Å². The van der Waals surface area contributed by atoms with Crippen LogP contribution in [0, 0.1) is 18.8 Å². The number of carbonyl (C=O) groups excluding carboxylic acids is 3. The largest absolute Gasteiger partial charge is 0.418 e. The average Bonchev–Trinajstić information content (AvgIpc) is 1.61. The number of imidazole rings is 2. The molecule has 672 valence electrons. The molecule has 2 aliphatic heterocycles. The molecule has 13 nitrogen and oxygen atoms in total. The summed E-state index contributed by atoms with van der Waals surface area (Å²) in [5.74, 6) is -0.110. The van der Waals surface area contributed by atoms with Gasteiger partial charge in [-0.05, 0) is 204 Å². The van der Waals surface area contributed by atoms with Crippen LogP contribution in [0.15, 0.2) is 109 Å². The van der Waals surface area contributed by atoms with Gasteiger partial charge in [0.1, 0.15) is 28.8 Å². The van der Waals surface area contributed by atoms with Crippen molar-refractivity contribution < 1.29 is 138 Å². The predicted octanol–water partition coefficient (Wildman–Crippen LogP) is 23.5. The van der Waals surface area contributed by atoms with E-state index >= 15 is 0 Å². The lowest BCUT2D eigenvalue weighted by atomic mass is 9.89. The van der Waals surface area contributed by atoms with Crippen LogP contribution in [0.25, 0.3) is 22.1 Å². The van der Waals surface area contributed by atoms with Gasteiger partial charge in [0, 0.05) is 38.1 Å². The van der Waals surface area contributed by atoms with Crippen molar-refractivity contribution in [3.05, 3.63) is 199 Å². The number of amides is 3. The van der Waals surface area contributed by atoms with Crippen LogP contribution in [0.5, 0.6) is 0 Å². The highest BCUT2D eigenvalue weighted by molar-refractivity contribution is 5.84. The fraction of sp³-hybridized carbons (Fsp3) is 0.500. The molecule has 2 aliphatic carbocycles. The van der Waals surface area contributed by atoms with Crippen LogP contribution < -0.4 is 26.6 Å². The van der Waals surface area contributed by atoms with Gasteiger partial charge in [-0.25, -0.2) is 9.97 Å². The normalized spacial score (nSPS) is 17.8. The number of nitrogens with zero attached hydrogens (tertiary/aromatic N) is 2. The fourth-order valence-corrected chi connectivity index (χ4v) is 14.3. The summed E-state index contributed by atoms with van der Waals surface area (Å²) >= 11 is 0. The number of carbonyl (C=O) groups is 3. The molecule has 4 fully saturated rings. The molecule has 4 heterocycles. The first kappa shape index (κ1) is 98.1. The van der Waals surface area contributed by atoms with Crippen molar-refractivity contribution in [2.24, 2.45) is 11.8 Å². The first-order chi connectivity index (χ1) is 56.3. The Morgan fingerprint density at radius 2 is 0.877 bits per heavy atom. The van der Waals surface area contributed by atoms with E-state index in [4.69, 9.17) is 4.74 Å². The van der Waals surface area contributed by atoms with Crippen LogP contribution in [0.1, 0.15) is 225 Å². The van der Waals surface area contributed by atoms with Gasteiger partial charge in [-0.15, -0.1) is 0 Å². The smallest absolute Gasteiger partial charge is 0.370 e. The van der Waals surface area contributed by atoms with E-state index in [0.717, 1.165) is 62.8 Å². The molecular formula is C82H86F27N9O4. The predicted molar refractivity (Wildman–Crippen MR) is 394 cm³/mol. The van der Waals surface area contributed by atoms with Gasteiger partial charge in [-0.1, -0.05) is 76.3 Å². The van der Waals surface area contributed by atoms with Gasteiger partial charge in [0.15, 0.2) is 0 Å². The van der Waals surface area contributed by atoms with E-state index in [-0.39, 0.29) is 87.4 Å². The monoisotopic (exact) mass is 1770 g/mol. The van der Waals surface area contributed by atoms with Crippen molar-refractivity contribution >= 4 is 39.8 Å². The van der Waals surface area contributed by atoms with Crippen LogP contribution in [-0.4, -0.2) is 69.9 Å². The summed E-state index contributed by atoms with van der Waals surface area (Å²) < 4.78 is 355. The third kappa shape index (κ3) is 27.6. The zero-order valence-corrected chi connectivity index (χ0v) is 65.9. The number of alkyl halides is 27. The molecule has 1 unspecified atom stereocenters. The summed E-state index contributed by atoms with van der Waals surface area (Å²) in [6, 6.07) is 16.0. The van der Waals surface area contributed by atoms with Crippen molar-refractivity contribution in [2.45, 2.75) is 229 Å². The molecule has 40 heteroatoms. The van der Waals surface area contributed by atoms with Crippen LogP contribution in [0.3, 0.4) is 0 Å². The highest BCUT2D eigenvalue weighted by atomic mass is 19.4. The van der Waals surface area contributed by atoms with E-state index in [1.54, 1.807) is 20.0 Å². The van der Waals surface area contributed by atoms with E-state index < -0.39 is 160 Å². The number of H-pyrrole nitrogens is 2. The molecule has 2 aromatic heterocycles. The fourth-order valence-electron chi connectivity index (χ4n) is 14.3. The van der Waals surface area contributed by atoms with E-state index in [1.807, 2.05) is 44.2 Å². The van der Waals surface area contributed by atoms with E-state index in [1.165, 1.54) is 26.3 Å².